The molecule has 120 valence electrons. The Kier molecular flexibility index (Phi) is 3.43. The first-order valence-electron chi connectivity index (χ1n) is 7.41. The van der Waals surface area contributed by atoms with E-state index in [1.54, 1.807) is 12.1 Å². The largest absolute Gasteiger partial charge is 0.478 e. The second-order valence-electron chi connectivity index (χ2n) is 6.34. The maximum Gasteiger partial charge on any atom is 0.337 e. The zero-order valence-corrected chi connectivity index (χ0v) is 15.0. The van der Waals surface area contributed by atoms with E-state index in [0.29, 0.717) is 0 Å². The fourth-order valence-electron chi connectivity index (χ4n) is 4.44. The molecule has 1 aliphatic heterocycles. The number of carbonyl (C=O) groups excluding carboxylic acids is 2. The van der Waals surface area contributed by atoms with Crippen molar-refractivity contribution in [2.24, 2.45) is 23.7 Å². The molecular weight excluding hydrogens is 430 g/mol. The monoisotopic (exact) mass is 441 g/mol. The summed E-state index contributed by atoms with van der Waals surface area (Å²) in [5.74, 6) is -2.10. The van der Waals surface area contributed by atoms with Crippen LogP contribution in [-0.2, 0) is 9.59 Å². The van der Waals surface area contributed by atoms with Crippen LogP contribution in [0, 0.1) is 23.7 Å². The highest BCUT2D eigenvalue weighted by Crippen LogP contribution is 2.60. The molecule has 1 saturated heterocycles. The predicted molar refractivity (Wildman–Crippen MR) is 89.9 cm³/mol. The minimum Gasteiger partial charge on any atom is -0.478 e. The number of hydrogen-bond acceptors (Lipinski definition) is 3. The average Bonchev–Trinajstić information content (AvgIpc) is 3.12. The zero-order chi connectivity index (χ0) is 16.5. The number of carboxylic acid groups (broad SMARTS) is 1. The average molecular weight is 443 g/mol. The van der Waals surface area contributed by atoms with E-state index in [-0.39, 0.29) is 56.4 Å². The van der Waals surface area contributed by atoms with Crippen molar-refractivity contribution in [3.05, 3.63) is 29.8 Å². The summed E-state index contributed by atoms with van der Waals surface area (Å²) in [5.41, 5.74) is 0.161. The lowest BCUT2D eigenvalue weighted by atomic mass is 9.81. The van der Waals surface area contributed by atoms with Gasteiger partial charge in [-0.1, -0.05) is 44.0 Å². The third-order valence-electron chi connectivity index (χ3n) is 5.36. The number of hydrogen-bond donors (Lipinski definition) is 1. The summed E-state index contributed by atoms with van der Waals surface area (Å²) in [4.78, 5) is 38.6. The van der Waals surface area contributed by atoms with Crippen molar-refractivity contribution in [2.75, 3.05) is 4.90 Å². The molecule has 1 N–H and O–H groups in total. The van der Waals surface area contributed by atoms with E-state index in [9.17, 15) is 19.5 Å². The number of nitrogens with zero attached hydrogens (tertiary/aromatic N) is 1. The molecule has 0 radical (unpaired) electrons. The summed E-state index contributed by atoms with van der Waals surface area (Å²) in [6, 6.07) is 6.18. The number of amides is 2. The Balaban J connectivity index is 1.78. The number of rotatable bonds is 2. The standard InChI is InChI=1S/C16H13Br2NO4/c17-12-7-5-8(13(12)18)11-10(7)14(20)19(15(11)21)9-4-2-1-3-6(9)16(22)23/h1-4,7-8,10-13H,5H2,(H,22,23)/t7-,8+,10-,11+,12-,13+. The van der Waals surface area contributed by atoms with E-state index in [1.807, 2.05) is 0 Å². The minimum atomic E-state index is -1.14. The van der Waals surface area contributed by atoms with Crippen LogP contribution >= 0.6 is 31.9 Å². The topological polar surface area (TPSA) is 74.7 Å². The molecule has 2 saturated carbocycles. The van der Waals surface area contributed by atoms with E-state index in [1.165, 1.54) is 12.1 Å². The Hall–Kier alpha value is -1.21. The summed E-state index contributed by atoms with van der Waals surface area (Å²) >= 11 is 7.27. The van der Waals surface area contributed by atoms with Gasteiger partial charge in [0.1, 0.15) is 0 Å². The van der Waals surface area contributed by atoms with Crippen molar-refractivity contribution in [3.8, 4) is 0 Å². The normalized spacial score (nSPS) is 38.3. The highest BCUT2D eigenvalue weighted by molar-refractivity contribution is 9.12. The van der Waals surface area contributed by atoms with Gasteiger partial charge in [0.05, 0.1) is 23.1 Å². The van der Waals surface area contributed by atoms with Gasteiger partial charge in [0, 0.05) is 9.65 Å². The lowest BCUT2D eigenvalue weighted by Crippen LogP contribution is -2.37. The third-order valence-corrected chi connectivity index (χ3v) is 8.57. The van der Waals surface area contributed by atoms with Crippen molar-refractivity contribution >= 4 is 55.3 Å². The maximum absolute atomic E-state index is 12.9. The molecular formula is C16H13Br2NO4. The summed E-state index contributed by atoms with van der Waals surface area (Å²) in [5, 5.41) is 9.34. The maximum atomic E-state index is 12.9. The van der Waals surface area contributed by atoms with Crippen LogP contribution in [0.3, 0.4) is 0 Å². The van der Waals surface area contributed by atoms with Crippen molar-refractivity contribution in [2.45, 2.75) is 16.1 Å². The summed E-state index contributed by atoms with van der Waals surface area (Å²) in [6.45, 7) is 0. The molecule has 4 rings (SSSR count). The Labute approximate surface area is 149 Å². The smallest absolute Gasteiger partial charge is 0.337 e. The van der Waals surface area contributed by atoms with E-state index < -0.39 is 5.97 Å². The molecule has 0 spiro atoms. The summed E-state index contributed by atoms with van der Waals surface area (Å²) < 4.78 is 0. The molecule has 2 aliphatic carbocycles. The number of alkyl halides is 2. The van der Waals surface area contributed by atoms with Crippen LogP contribution in [0.5, 0.6) is 0 Å². The molecule has 2 bridgehead atoms. The predicted octanol–water partition coefficient (Wildman–Crippen LogP) is 2.67. The SMILES string of the molecule is O=C(O)c1ccccc1N1C(=O)[C@@H]2[C@H]3C[C@H]([C@H](Br)[C@@H]3Br)[C@@H]2C1=O. The van der Waals surface area contributed by atoms with E-state index >= 15 is 0 Å². The van der Waals surface area contributed by atoms with Gasteiger partial charge in [-0.15, -0.1) is 0 Å². The van der Waals surface area contributed by atoms with Crippen LogP contribution in [0.4, 0.5) is 5.69 Å². The molecule has 7 heteroatoms. The number of benzene rings is 1. The van der Waals surface area contributed by atoms with Crippen LogP contribution in [-0.4, -0.2) is 32.5 Å². The van der Waals surface area contributed by atoms with E-state index in [0.717, 1.165) is 11.3 Å². The number of halogens is 2. The Morgan fingerprint density at radius 2 is 1.57 bits per heavy atom. The van der Waals surface area contributed by atoms with Crippen molar-refractivity contribution in [1.29, 1.82) is 0 Å². The van der Waals surface area contributed by atoms with Gasteiger partial charge in [0.25, 0.3) is 0 Å². The van der Waals surface area contributed by atoms with Crippen LogP contribution in [0.25, 0.3) is 0 Å². The number of anilines is 1. The fraction of sp³-hybridized carbons (Fsp3) is 0.438. The van der Waals surface area contributed by atoms with E-state index in [2.05, 4.69) is 31.9 Å². The minimum absolute atomic E-state index is 0.0210. The third kappa shape index (κ3) is 1.92. The molecule has 1 heterocycles. The molecule has 5 nitrogen and oxygen atoms in total. The number of aromatic carboxylic acids is 1. The molecule has 0 unspecified atom stereocenters. The van der Waals surface area contributed by atoms with Crippen LogP contribution in [0.1, 0.15) is 16.8 Å². The zero-order valence-electron chi connectivity index (χ0n) is 11.9. The second kappa shape index (κ2) is 5.14. The molecule has 23 heavy (non-hydrogen) atoms. The number of imide groups is 1. The van der Waals surface area contributed by atoms with Gasteiger partial charge in [0.15, 0.2) is 0 Å². The quantitative estimate of drug-likeness (QED) is 0.564. The lowest BCUT2D eigenvalue weighted by molar-refractivity contribution is -0.123. The number of fused-ring (bicyclic) bond motifs is 5. The molecule has 2 amide bonds. The van der Waals surface area contributed by atoms with Crippen LogP contribution in [0.2, 0.25) is 0 Å². The Bertz CT molecular complexity index is 705. The lowest BCUT2D eigenvalue weighted by Gasteiger charge is -2.28. The van der Waals surface area contributed by atoms with Crippen molar-refractivity contribution in [3.63, 3.8) is 0 Å². The second-order valence-corrected chi connectivity index (χ2v) is 8.45. The number of carbonyl (C=O) groups is 3. The fourth-order valence-corrected chi connectivity index (χ4v) is 6.31. The first kappa shape index (κ1) is 15.3. The Morgan fingerprint density at radius 3 is 2.09 bits per heavy atom. The molecule has 6 atom stereocenters. The van der Waals surface area contributed by atoms with Gasteiger partial charge >= 0.3 is 5.97 Å². The van der Waals surface area contributed by atoms with Gasteiger partial charge < -0.3 is 5.11 Å². The first-order chi connectivity index (χ1) is 10.9. The van der Waals surface area contributed by atoms with Gasteiger partial charge in [0.2, 0.25) is 11.8 Å². The summed E-state index contributed by atoms with van der Waals surface area (Å²) in [7, 11) is 0. The van der Waals surface area contributed by atoms with E-state index in [4.69, 9.17) is 0 Å². The molecule has 3 aliphatic rings. The van der Waals surface area contributed by atoms with Gasteiger partial charge in [-0.05, 0) is 30.4 Å². The van der Waals surface area contributed by atoms with Gasteiger partial charge in [-0.2, -0.15) is 0 Å². The van der Waals surface area contributed by atoms with Crippen LogP contribution < -0.4 is 4.90 Å². The summed E-state index contributed by atoms with van der Waals surface area (Å²) in [6.07, 6.45) is 0.854. The Morgan fingerprint density at radius 1 is 1.04 bits per heavy atom. The molecule has 0 aromatic heterocycles. The molecule has 3 fully saturated rings. The highest BCUT2D eigenvalue weighted by Gasteiger charge is 2.66. The van der Waals surface area contributed by atoms with Crippen molar-refractivity contribution in [1.82, 2.24) is 0 Å². The molecule has 1 aromatic rings. The number of para-hydroxylation sites is 1. The highest BCUT2D eigenvalue weighted by atomic mass is 79.9. The van der Waals surface area contributed by atoms with Gasteiger partial charge in [-0.3, -0.25) is 9.59 Å². The molecule has 1 aromatic carbocycles. The van der Waals surface area contributed by atoms with Gasteiger partial charge in [-0.25, -0.2) is 9.69 Å². The first-order valence-corrected chi connectivity index (χ1v) is 9.25. The number of carboxylic acids is 1. The van der Waals surface area contributed by atoms with Crippen molar-refractivity contribution < 1.29 is 19.5 Å². The van der Waals surface area contributed by atoms with Crippen LogP contribution in [0.15, 0.2) is 24.3 Å².